The summed E-state index contributed by atoms with van der Waals surface area (Å²) in [6.07, 6.45) is 2.93. The molecule has 0 unspecified atom stereocenters. The molecule has 0 aliphatic carbocycles. The van der Waals surface area contributed by atoms with Gasteiger partial charge in [0, 0.05) is 17.8 Å². The molecule has 1 aromatic heterocycles. The summed E-state index contributed by atoms with van der Waals surface area (Å²) in [6.45, 7) is 4.77. The SMILES string of the molecule is CCCc1cc(C)nc(CCN)n1. The van der Waals surface area contributed by atoms with Crippen LogP contribution < -0.4 is 5.73 Å². The zero-order valence-corrected chi connectivity index (χ0v) is 8.38. The zero-order chi connectivity index (χ0) is 9.68. The van der Waals surface area contributed by atoms with Crippen molar-refractivity contribution in [2.45, 2.75) is 33.1 Å². The highest BCUT2D eigenvalue weighted by molar-refractivity contribution is 5.10. The molecular weight excluding hydrogens is 162 g/mol. The maximum atomic E-state index is 5.45. The van der Waals surface area contributed by atoms with Crippen molar-refractivity contribution in [1.29, 1.82) is 0 Å². The van der Waals surface area contributed by atoms with Crippen LogP contribution >= 0.6 is 0 Å². The predicted molar refractivity (Wildman–Crippen MR) is 53.5 cm³/mol. The van der Waals surface area contributed by atoms with E-state index in [2.05, 4.69) is 16.9 Å². The fourth-order valence-electron chi connectivity index (χ4n) is 1.33. The van der Waals surface area contributed by atoms with Gasteiger partial charge in [-0.2, -0.15) is 0 Å². The van der Waals surface area contributed by atoms with E-state index in [4.69, 9.17) is 5.73 Å². The molecule has 0 aliphatic rings. The highest BCUT2D eigenvalue weighted by Crippen LogP contribution is 2.03. The standard InChI is InChI=1S/C10H17N3/c1-3-4-9-7-8(2)12-10(13-9)5-6-11/h7H,3-6,11H2,1-2H3. The largest absolute Gasteiger partial charge is 0.330 e. The second-order valence-electron chi connectivity index (χ2n) is 3.21. The number of nitrogens with two attached hydrogens (primary N) is 1. The Bertz CT molecular complexity index is 247. The summed E-state index contributed by atoms with van der Waals surface area (Å²) in [5.74, 6) is 0.881. The van der Waals surface area contributed by atoms with E-state index in [-0.39, 0.29) is 0 Å². The third-order valence-electron chi connectivity index (χ3n) is 1.83. The van der Waals surface area contributed by atoms with Crippen molar-refractivity contribution >= 4 is 0 Å². The van der Waals surface area contributed by atoms with Crippen LogP contribution in [-0.2, 0) is 12.8 Å². The van der Waals surface area contributed by atoms with Crippen LogP contribution in [0.5, 0.6) is 0 Å². The number of aryl methyl sites for hydroxylation is 2. The van der Waals surface area contributed by atoms with Gasteiger partial charge in [-0.3, -0.25) is 0 Å². The van der Waals surface area contributed by atoms with Gasteiger partial charge in [0.15, 0.2) is 0 Å². The van der Waals surface area contributed by atoms with E-state index in [0.29, 0.717) is 6.54 Å². The van der Waals surface area contributed by atoms with Gasteiger partial charge >= 0.3 is 0 Å². The van der Waals surface area contributed by atoms with E-state index >= 15 is 0 Å². The summed E-state index contributed by atoms with van der Waals surface area (Å²) < 4.78 is 0. The Kier molecular flexibility index (Phi) is 3.83. The molecule has 0 atom stereocenters. The average Bonchev–Trinajstić information content (AvgIpc) is 2.04. The maximum absolute atomic E-state index is 5.45. The predicted octanol–water partition coefficient (Wildman–Crippen LogP) is 1.24. The molecule has 1 heterocycles. The van der Waals surface area contributed by atoms with E-state index in [9.17, 15) is 0 Å². The van der Waals surface area contributed by atoms with Crippen LogP contribution in [0.1, 0.15) is 30.6 Å². The van der Waals surface area contributed by atoms with Gasteiger partial charge in [-0.1, -0.05) is 13.3 Å². The summed E-state index contributed by atoms with van der Waals surface area (Å²) in [5, 5.41) is 0. The first-order chi connectivity index (χ1) is 6.26. The fraction of sp³-hybridized carbons (Fsp3) is 0.600. The van der Waals surface area contributed by atoms with E-state index in [1.54, 1.807) is 0 Å². The molecule has 0 fully saturated rings. The normalized spacial score (nSPS) is 10.4. The van der Waals surface area contributed by atoms with Gasteiger partial charge in [0.25, 0.3) is 0 Å². The van der Waals surface area contributed by atoms with Crippen LogP contribution in [0.2, 0.25) is 0 Å². The van der Waals surface area contributed by atoms with Gasteiger partial charge in [0.2, 0.25) is 0 Å². The number of hydrogen-bond acceptors (Lipinski definition) is 3. The molecule has 0 saturated carbocycles. The van der Waals surface area contributed by atoms with Gasteiger partial charge < -0.3 is 5.73 Å². The molecule has 0 saturated heterocycles. The van der Waals surface area contributed by atoms with Crippen molar-refractivity contribution in [3.63, 3.8) is 0 Å². The van der Waals surface area contributed by atoms with Crippen LogP contribution in [0.3, 0.4) is 0 Å². The van der Waals surface area contributed by atoms with Crippen LogP contribution in [0, 0.1) is 6.92 Å². The van der Waals surface area contributed by atoms with Crippen LogP contribution in [0.25, 0.3) is 0 Å². The minimum Gasteiger partial charge on any atom is -0.330 e. The lowest BCUT2D eigenvalue weighted by molar-refractivity contribution is 0.801. The highest BCUT2D eigenvalue weighted by Gasteiger charge is 2.00. The monoisotopic (exact) mass is 179 g/mol. The van der Waals surface area contributed by atoms with Gasteiger partial charge in [0.1, 0.15) is 5.82 Å². The van der Waals surface area contributed by atoms with E-state index in [1.165, 1.54) is 0 Å². The van der Waals surface area contributed by atoms with Crippen molar-refractivity contribution in [2.24, 2.45) is 5.73 Å². The Labute approximate surface area is 79.4 Å². The molecule has 0 aliphatic heterocycles. The lowest BCUT2D eigenvalue weighted by Crippen LogP contribution is -2.08. The van der Waals surface area contributed by atoms with E-state index in [1.807, 2.05) is 13.0 Å². The Balaban J connectivity index is 2.83. The fourth-order valence-corrected chi connectivity index (χ4v) is 1.33. The molecule has 0 aromatic carbocycles. The van der Waals surface area contributed by atoms with Gasteiger partial charge in [-0.05, 0) is 26.0 Å². The minimum absolute atomic E-state index is 0.620. The topological polar surface area (TPSA) is 51.8 Å². The highest BCUT2D eigenvalue weighted by atomic mass is 14.9. The molecule has 1 aromatic rings. The molecule has 0 amide bonds. The molecule has 0 spiro atoms. The molecule has 2 N–H and O–H groups in total. The Morgan fingerprint density at radius 3 is 2.69 bits per heavy atom. The Morgan fingerprint density at radius 2 is 2.08 bits per heavy atom. The molecule has 13 heavy (non-hydrogen) atoms. The zero-order valence-electron chi connectivity index (χ0n) is 8.38. The van der Waals surface area contributed by atoms with Gasteiger partial charge in [-0.15, -0.1) is 0 Å². The summed E-state index contributed by atoms with van der Waals surface area (Å²) in [4.78, 5) is 8.74. The van der Waals surface area contributed by atoms with Crippen molar-refractivity contribution in [2.75, 3.05) is 6.54 Å². The number of hydrogen-bond donors (Lipinski definition) is 1. The molecule has 3 nitrogen and oxygen atoms in total. The lowest BCUT2D eigenvalue weighted by Gasteiger charge is -2.03. The first kappa shape index (κ1) is 10.1. The van der Waals surface area contributed by atoms with Gasteiger partial charge in [0.05, 0.1) is 0 Å². The van der Waals surface area contributed by atoms with Crippen molar-refractivity contribution in [1.82, 2.24) is 9.97 Å². The molecule has 1 rings (SSSR count). The minimum atomic E-state index is 0.620. The molecular formula is C10H17N3. The Morgan fingerprint density at radius 1 is 1.31 bits per heavy atom. The summed E-state index contributed by atoms with van der Waals surface area (Å²) in [5.41, 5.74) is 7.64. The molecule has 3 heteroatoms. The van der Waals surface area contributed by atoms with Crippen molar-refractivity contribution in [3.8, 4) is 0 Å². The molecule has 0 radical (unpaired) electrons. The van der Waals surface area contributed by atoms with Crippen LogP contribution in [-0.4, -0.2) is 16.5 Å². The lowest BCUT2D eigenvalue weighted by atomic mass is 10.2. The van der Waals surface area contributed by atoms with Crippen molar-refractivity contribution < 1.29 is 0 Å². The second-order valence-corrected chi connectivity index (χ2v) is 3.21. The van der Waals surface area contributed by atoms with Crippen molar-refractivity contribution in [3.05, 3.63) is 23.3 Å². The first-order valence-corrected chi connectivity index (χ1v) is 4.79. The van der Waals surface area contributed by atoms with E-state index < -0.39 is 0 Å². The van der Waals surface area contributed by atoms with E-state index in [0.717, 1.165) is 36.5 Å². The third-order valence-corrected chi connectivity index (χ3v) is 1.83. The average molecular weight is 179 g/mol. The Hall–Kier alpha value is -0.960. The third kappa shape index (κ3) is 3.11. The summed E-state index contributed by atoms with van der Waals surface area (Å²) in [7, 11) is 0. The van der Waals surface area contributed by atoms with Gasteiger partial charge in [-0.25, -0.2) is 9.97 Å². The number of rotatable bonds is 4. The molecule has 0 bridgehead atoms. The molecule has 72 valence electrons. The second kappa shape index (κ2) is 4.92. The van der Waals surface area contributed by atoms with Crippen LogP contribution in [0.15, 0.2) is 6.07 Å². The first-order valence-electron chi connectivity index (χ1n) is 4.79. The number of nitrogens with zero attached hydrogens (tertiary/aromatic N) is 2. The summed E-state index contributed by atoms with van der Waals surface area (Å²) >= 11 is 0. The number of aromatic nitrogens is 2. The smallest absolute Gasteiger partial charge is 0.130 e. The maximum Gasteiger partial charge on any atom is 0.130 e. The quantitative estimate of drug-likeness (QED) is 0.756. The summed E-state index contributed by atoms with van der Waals surface area (Å²) in [6, 6.07) is 2.05. The van der Waals surface area contributed by atoms with Crippen LogP contribution in [0.4, 0.5) is 0 Å².